The van der Waals surface area contributed by atoms with E-state index in [0.29, 0.717) is 4.75 Å². The predicted octanol–water partition coefficient (Wildman–Crippen LogP) is 3.58. The highest BCUT2D eigenvalue weighted by Gasteiger charge is 2.50. The summed E-state index contributed by atoms with van der Waals surface area (Å²) in [6.07, 6.45) is 4.47. The Balaban J connectivity index is 2.09. The van der Waals surface area contributed by atoms with Gasteiger partial charge in [0, 0.05) is 10.5 Å². The van der Waals surface area contributed by atoms with Gasteiger partial charge in [0.15, 0.2) is 0 Å². The molecule has 0 aromatic rings. The SMILES string of the molecule is CC(C)C12CCC1CCSS2. The zero-order valence-electron chi connectivity index (χ0n) is 7.30. The molecule has 0 N–H and O–H groups in total. The first-order chi connectivity index (χ1) is 5.26. The Hall–Kier alpha value is 0.700. The molecule has 1 aliphatic carbocycles. The average molecular weight is 188 g/mol. The van der Waals surface area contributed by atoms with Crippen LogP contribution in [0.2, 0.25) is 0 Å². The molecule has 0 bridgehead atoms. The molecule has 11 heavy (non-hydrogen) atoms. The third kappa shape index (κ3) is 1.14. The van der Waals surface area contributed by atoms with Crippen LogP contribution in [0.25, 0.3) is 0 Å². The first-order valence-corrected chi connectivity index (χ1v) is 6.88. The van der Waals surface area contributed by atoms with Crippen molar-refractivity contribution in [3.63, 3.8) is 0 Å². The van der Waals surface area contributed by atoms with Crippen molar-refractivity contribution in [3.8, 4) is 0 Å². The first-order valence-electron chi connectivity index (χ1n) is 4.56. The number of rotatable bonds is 1. The van der Waals surface area contributed by atoms with Gasteiger partial charge in [-0.25, -0.2) is 0 Å². The Morgan fingerprint density at radius 3 is 2.55 bits per heavy atom. The second-order valence-corrected chi connectivity index (χ2v) is 6.82. The summed E-state index contributed by atoms with van der Waals surface area (Å²) in [5, 5.41) is 0. The standard InChI is InChI=1S/C9H16S2/c1-7(2)9-5-3-8(9)4-6-10-11-9/h7-8H,3-6H2,1-2H3. The van der Waals surface area contributed by atoms with Gasteiger partial charge in [0.05, 0.1) is 0 Å². The van der Waals surface area contributed by atoms with Crippen LogP contribution in [0, 0.1) is 11.8 Å². The normalized spacial score (nSPS) is 43.4. The molecule has 1 saturated heterocycles. The highest BCUT2D eigenvalue weighted by molar-refractivity contribution is 8.77. The number of hydrogen-bond acceptors (Lipinski definition) is 2. The van der Waals surface area contributed by atoms with Crippen LogP contribution in [0.3, 0.4) is 0 Å². The molecule has 1 aliphatic heterocycles. The molecule has 2 unspecified atom stereocenters. The predicted molar refractivity (Wildman–Crippen MR) is 55.0 cm³/mol. The molecular formula is C9H16S2. The molecule has 0 radical (unpaired) electrons. The lowest BCUT2D eigenvalue weighted by molar-refractivity contribution is 0.159. The highest BCUT2D eigenvalue weighted by atomic mass is 33.1. The van der Waals surface area contributed by atoms with Crippen LogP contribution in [0.5, 0.6) is 0 Å². The van der Waals surface area contributed by atoms with E-state index in [1.165, 1.54) is 25.0 Å². The Morgan fingerprint density at radius 1 is 1.36 bits per heavy atom. The summed E-state index contributed by atoms with van der Waals surface area (Å²) in [6, 6.07) is 0. The Labute approximate surface area is 77.3 Å². The molecule has 1 saturated carbocycles. The molecule has 1 heterocycles. The molecule has 2 rings (SSSR count). The molecule has 2 fully saturated rings. The van der Waals surface area contributed by atoms with E-state index in [4.69, 9.17) is 0 Å². The van der Waals surface area contributed by atoms with Crippen molar-refractivity contribution in [2.24, 2.45) is 11.8 Å². The summed E-state index contributed by atoms with van der Waals surface area (Å²) in [4.78, 5) is 0. The fourth-order valence-corrected chi connectivity index (χ4v) is 6.21. The average Bonchev–Trinajstić information content (AvgIpc) is 1.91. The van der Waals surface area contributed by atoms with Crippen molar-refractivity contribution in [2.45, 2.75) is 37.9 Å². The maximum Gasteiger partial charge on any atom is 0.0315 e. The molecular weight excluding hydrogens is 172 g/mol. The van der Waals surface area contributed by atoms with Crippen molar-refractivity contribution in [1.82, 2.24) is 0 Å². The van der Waals surface area contributed by atoms with Crippen LogP contribution < -0.4 is 0 Å². The van der Waals surface area contributed by atoms with E-state index in [1.807, 2.05) is 0 Å². The Morgan fingerprint density at radius 2 is 2.18 bits per heavy atom. The minimum Gasteiger partial charge on any atom is -0.0936 e. The largest absolute Gasteiger partial charge is 0.0936 e. The lowest BCUT2D eigenvalue weighted by atomic mass is 9.66. The van der Waals surface area contributed by atoms with Gasteiger partial charge in [-0.05, 0) is 31.1 Å². The molecule has 64 valence electrons. The summed E-state index contributed by atoms with van der Waals surface area (Å²) < 4.78 is 0.697. The minimum absolute atomic E-state index is 0.697. The lowest BCUT2D eigenvalue weighted by Crippen LogP contribution is -2.49. The first kappa shape index (κ1) is 8.31. The zero-order chi connectivity index (χ0) is 7.90. The molecule has 0 amide bonds. The summed E-state index contributed by atoms with van der Waals surface area (Å²) in [5.74, 6) is 3.34. The molecule has 0 spiro atoms. The number of hydrogen-bond donors (Lipinski definition) is 0. The Bertz CT molecular complexity index is 156. The Kier molecular flexibility index (Phi) is 2.17. The zero-order valence-corrected chi connectivity index (χ0v) is 8.93. The van der Waals surface area contributed by atoms with E-state index >= 15 is 0 Å². The summed E-state index contributed by atoms with van der Waals surface area (Å²) in [7, 11) is 4.29. The van der Waals surface area contributed by atoms with E-state index in [9.17, 15) is 0 Å². The van der Waals surface area contributed by atoms with E-state index < -0.39 is 0 Å². The lowest BCUT2D eigenvalue weighted by Gasteiger charge is -2.54. The topological polar surface area (TPSA) is 0 Å². The summed E-state index contributed by atoms with van der Waals surface area (Å²) in [5.41, 5.74) is 0. The molecule has 2 atom stereocenters. The maximum atomic E-state index is 2.39. The van der Waals surface area contributed by atoms with Crippen molar-refractivity contribution in [2.75, 3.05) is 5.75 Å². The van der Waals surface area contributed by atoms with Crippen LogP contribution in [0.15, 0.2) is 0 Å². The minimum atomic E-state index is 0.697. The van der Waals surface area contributed by atoms with Crippen LogP contribution >= 0.6 is 21.6 Å². The van der Waals surface area contributed by atoms with Gasteiger partial charge < -0.3 is 0 Å². The third-order valence-corrected chi connectivity index (χ3v) is 6.94. The summed E-state index contributed by atoms with van der Waals surface area (Å²) >= 11 is 0. The van der Waals surface area contributed by atoms with E-state index in [-0.39, 0.29) is 0 Å². The van der Waals surface area contributed by atoms with Crippen molar-refractivity contribution < 1.29 is 0 Å². The van der Waals surface area contributed by atoms with Gasteiger partial charge in [0.2, 0.25) is 0 Å². The summed E-state index contributed by atoms with van der Waals surface area (Å²) in [6.45, 7) is 4.79. The number of fused-ring (bicyclic) bond motifs is 1. The third-order valence-electron chi connectivity index (χ3n) is 3.32. The smallest absolute Gasteiger partial charge is 0.0315 e. The van der Waals surface area contributed by atoms with Gasteiger partial charge in [-0.15, -0.1) is 0 Å². The molecule has 0 nitrogen and oxygen atoms in total. The van der Waals surface area contributed by atoms with Crippen LogP contribution in [0.1, 0.15) is 33.1 Å². The molecule has 0 aromatic heterocycles. The molecule has 2 aliphatic rings. The van der Waals surface area contributed by atoms with Gasteiger partial charge >= 0.3 is 0 Å². The van der Waals surface area contributed by atoms with Gasteiger partial charge in [0.1, 0.15) is 0 Å². The van der Waals surface area contributed by atoms with E-state index in [0.717, 1.165) is 11.8 Å². The van der Waals surface area contributed by atoms with Crippen molar-refractivity contribution in [1.29, 1.82) is 0 Å². The quantitative estimate of drug-likeness (QED) is 0.577. The second kappa shape index (κ2) is 2.88. The molecule has 0 aromatic carbocycles. The van der Waals surface area contributed by atoms with E-state index in [1.54, 1.807) is 0 Å². The van der Waals surface area contributed by atoms with Gasteiger partial charge in [-0.2, -0.15) is 0 Å². The van der Waals surface area contributed by atoms with Crippen LogP contribution in [-0.2, 0) is 0 Å². The van der Waals surface area contributed by atoms with Crippen molar-refractivity contribution >= 4 is 21.6 Å². The maximum absolute atomic E-state index is 2.39. The highest BCUT2D eigenvalue weighted by Crippen LogP contribution is 2.61. The second-order valence-electron chi connectivity index (χ2n) is 4.04. The van der Waals surface area contributed by atoms with Crippen LogP contribution in [0.4, 0.5) is 0 Å². The van der Waals surface area contributed by atoms with Gasteiger partial charge in [0.25, 0.3) is 0 Å². The fraction of sp³-hybridized carbons (Fsp3) is 1.00. The van der Waals surface area contributed by atoms with Crippen molar-refractivity contribution in [3.05, 3.63) is 0 Å². The van der Waals surface area contributed by atoms with Gasteiger partial charge in [-0.3, -0.25) is 0 Å². The van der Waals surface area contributed by atoms with Crippen LogP contribution in [-0.4, -0.2) is 10.5 Å². The fourth-order valence-electron chi connectivity index (χ4n) is 2.33. The molecule has 2 heteroatoms. The van der Waals surface area contributed by atoms with Gasteiger partial charge in [-0.1, -0.05) is 35.4 Å². The van der Waals surface area contributed by atoms with E-state index in [2.05, 4.69) is 35.4 Å². The monoisotopic (exact) mass is 188 g/mol.